The van der Waals surface area contributed by atoms with Crippen molar-refractivity contribution in [2.24, 2.45) is 16.8 Å². The number of halogens is 2. The third kappa shape index (κ3) is 7.59. The van der Waals surface area contributed by atoms with Gasteiger partial charge >= 0.3 is 0 Å². The Balaban J connectivity index is 0.00000300. The maximum atomic E-state index is 14.3. The molecule has 7 heteroatoms. The van der Waals surface area contributed by atoms with Crippen LogP contribution in [0.3, 0.4) is 0 Å². The van der Waals surface area contributed by atoms with Gasteiger partial charge in [0.2, 0.25) is 0 Å². The van der Waals surface area contributed by atoms with E-state index < -0.39 is 0 Å². The van der Waals surface area contributed by atoms with E-state index in [9.17, 15) is 4.39 Å². The zero-order chi connectivity index (χ0) is 19.9. The van der Waals surface area contributed by atoms with E-state index >= 15 is 0 Å². The van der Waals surface area contributed by atoms with E-state index in [-0.39, 0.29) is 35.8 Å². The molecule has 2 atom stereocenters. The predicted molar refractivity (Wildman–Crippen MR) is 128 cm³/mol. The van der Waals surface area contributed by atoms with Crippen molar-refractivity contribution in [3.63, 3.8) is 0 Å². The third-order valence-electron chi connectivity index (χ3n) is 5.67. The van der Waals surface area contributed by atoms with Crippen LogP contribution < -0.4 is 15.4 Å². The first kappa shape index (κ1) is 24.2. The molecular weight excluding hydrogens is 482 g/mol. The van der Waals surface area contributed by atoms with Gasteiger partial charge in [0.1, 0.15) is 0 Å². The summed E-state index contributed by atoms with van der Waals surface area (Å²) in [6.07, 6.45) is 4.84. The van der Waals surface area contributed by atoms with E-state index in [4.69, 9.17) is 4.74 Å². The van der Waals surface area contributed by atoms with Gasteiger partial charge in [0, 0.05) is 20.1 Å². The van der Waals surface area contributed by atoms with Crippen molar-refractivity contribution in [1.82, 2.24) is 15.5 Å². The predicted octanol–water partition coefficient (Wildman–Crippen LogP) is 4.19. The lowest BCUT2D eigenvalue weighted by molar-refractivity contribution is 0.285. The monoisotopic (exact) mass is 518 g/mol. The Labute approximate surface area is 191 Å². The number of ether oxygens (including phenoxy) is 1. The van der Waals surface area contributed by atoms with Crippen LogP contribution in [0.25, 0.3) is 0 Å². The number of nitrogens with one attached hydrogen (secondary N) is 2. The molecule has 1 aliphatic carbocycles. The molecule has 2 N–H and O–H groups in total. The smallest absolute Gasteiger partial charge is 0.191 e. The number of benzene rings is 1. The SMILES string of the molecule is CCCN1CCC(CNC(=NC)NC(C)c2ccc(OCC3CC3)c(F)c2)C1.I. The molecular formula is C22H36FIN4O. The Bertz CT molecular complexity index is 668. The maximum Gasteiger partial charge on any atom is 0.191 e. The normalized spacial score (nSPS) is 20.8. The number of hydrogen-bond acceptors (Lipinski definition) is 3. The van der Waals surface area contributed by atoms with Crippen molar-refractivity contribution in [3.8, 4) is 5.75 Å². The average molecular weight is 518 g/mol. The van der Waals surface area contributed by atoms with Gasteiger partial charge in [-0.05, 0) is 75.2 Å². The highest BCUT2D eigenvalue weighted by Gasteiger charge is 2.23. The van der Waals surface area contributed by atoms with E-state index in [2.05, 4.69) is 27.4 Å². The summed E-state index contributed by atoms with van der Waals surface area (Å²) in [5, 5.41) is 6.80. The number of aliphatic imine (C=N–C) groups is 1. The first-order valence-corrected chi connectivity index (χ1v) is 10.7. The number of likely N-dealkylation sites (tertiary alicyclic amines) is 1. The molecule has 2 unspecified atom stereocenters. The minimum absolute atomic E-state index is 0. The first-order chi connectivity index (χ1) is 13.6. The summed E-state index contributed by atoms with van der Waals surface area (Å²) < 4.78 is 19.9. The van der Waals surface area contributed by atoms with Gasteiger partial charge in [-0.15, -0.1) is 24.0 Å². The zero-order valence-corrected chi connectivity index (χ0v) is 20.2. The largest absolute Gasteiger partial charge is 0.490 e. The van der Waals surface area contributed by atoms with Crippen molar-refractivity contribution in [1.29, 1.82) is 0 Å². The molecule has 164 valence electrons. The standard InChI is InChI=1S/C22H35FN4O.HI/c1-4-10-27-11-9-18(14-27)13-25-22(24-3)26-16(2)19-7-8-21(20(23)12-19)28-15-17-5-6-17;/h7-8,12,16-18H,4-6,9-11,13-15H2,1-3H3,(H2,24,25,26);1H. The van der Waals surface area contributed by atoms with E-state index in [0.717, 1.165) is 24.6 Å². The fraction of sp³-hybridized carbons (Fsp3) is 0.682. The van der Waals surface area contributed by atoms with Gasteiger partial charge < -0.3 is 20.3 Å². The van der Waals surface area contributed by atoms with Crippen molar-refractivity contribution in [2.75, 3.05) is 39.8 Å². The topological polar surface area (TPSA) is 48.9 Å². The molecule has 29 heavy (non-hydrogen) atoms. The number of nitrogens with zero attached hydrogens (tertiary/aromatic N) is 2. The lowest BCUT2D eigenvalue weighted by Crippen LogP contribution is -2.41. The van der Waals surface area contributed by atoms with Crippen LogP contribution in [0.1, 0.15) is 51.1 Å². The summed E-state index contributed by atoms with van der Waals surface area (Å²) in [5.41, 5.74) is 0.884. The Kier molecular flexibility index (Phi) is 9.95. The van der Waals surface area contributed by atoms with Gasteiger partial charge in [0.25, 0.3) is 0 Å². The first-order valence-electron chi connectivity index (χ1n) is 10.7. The highest BCUT2D eigenvalue weighted by atomic mass is 127. The zero-order valence-electron chi connectivity index (χ0n) is 17.9. The van der Waals surface area contributed by atoms with Gasteiger partial charge in [0.05, 0.1) is 12.6 Å². The summed E-state index contributed by atoms with van der Waals surface area (Å²) in [4.78, 5) is 6.86. The van der Waals surface area contributed by atoms with Crippen molar-refractivity contribution >= 4 is 29.9 Å². The molecule has 0 bridgehead atoms. The molecule has 1 saturated heterocycles. The van der Waals surface area contributed by atoms with Crippen molar-refractivity contribution in [2.45, 2.75) is 45.6 Å². The van der Waals surface area contributed by atoms with Gasteiger partial charge in [-0.25, -0.2) is 4.39 Å². The lowest BCUT2D eigenvalue weighted by atomic mass is 10.1. The second-order valence-corrected chi connectivity index (χ2v) is 8.22. The minimum Gasteiger partial charge on any atom is -0.490 e. The van der Waals surface area contributed by atoms with Crippen molar-refractivity contribution < 1.29 is 9.13 Å². The molecule has 3 rings (SSSR count). The van der Waals surface area contributed by atoms with Crippen LogP contribution in [-0.4, -0.2) is 50.7 Å². The van der Waals surface area contributed by atoms with Crippen LogP contribution in [0.2, 0.25) is 0 Å². The maximum absolute atomic E-state index is 14.3. The highest BCUT2D eigenvalue weighted by Crippen LogP contribution is 2.30. The average Bonchev–Trinajstić information content (AvgIpc) is 3.42. The van der Waals surface area contributed by atoms with Crippen molar-refractivity contribution in [3.05, 3.63) is 29.6 Å². The molecule has 0 spiro atoms. The molecule has 0 amide bonds. The van der Waals surface area contributed by atoms with Crippen LogP contribution in [0.5, 0.6) is 5.75 Å². The molecule has 0 aromatic heterocycles. The Morgan fingerprint density at radius 2 is 2.10 bits per heavy atom. The molecule has 2 aliphatic rings. The fourth-order valence-electron chi connectivity index (χ4n) is 3.72. The molecule has 1 aromatic carbocycles. The molecule has 1 heterocycles. The van der Waals surface area contributed by atoms with E-state index in [1.54, 1.807) is 19.2 Å². The van der Waals surface area contributed by atoms with E-state index in [1.807, 2.05) is 13.0 Å². The highest BCUT2D eigenvalue weighted by molar-refractivity contribution is 14.0. The van der Waals surface area contributed by atoms with Gasteiger partial charge in [0.15, 0.2) is 17.5 Å². The fourth-order valence-corrected chi connectivity index (χ4v) is 3.72. The second-order valence-electron chi connectivity index (χ2n) is 8.22. The summed E-state index contributed by atoms with van der Waals surface area (Å²) in [6, 6.07) is 5.18. The Hall–Kier alpha value is -1.09. The summed E-state index contributed by atoms with van der Waals surface area (Å²) >= 11 is 0. The number of rotatable bonds is 9. The molecule has 0 radical (unpaired) electrons. The lowest BCUT2D eigenvalue weighted by Gasteiger charge is -2.20. The third-order valence-corrected chi connectivity index (χ3v) is 5.67. The number of hydrogen-bond donors (Lipinski definition) is 2. The van der Waals surface area contributed by atoms with Crippen LogP contribution in [0, 0.1) is 17.7 Å². The molecule has 5 nitrogen and oxygen atoms in total. The van der Waals surface area contributed by atoms with Crippen LogP contribution in [0.4, 0.5) is 4.39 Å². The van der Waals surface area contributed by atoms with Gasteiger partial charge in [-0.1, -0.05) is 13.0 Å². The van der Waals surface area contributed by atoms with Crippen LogP contribution >= 0.6 is 24.0 Å². The molecule has 2 fully saturated rings. The van der Waals surface area contributed by atoms with Gasteiger partial charge in [-0.2, -0.15) is 0 Å². The molecule has 1 aromatic rings. The summed E-state index contributed by atoms with van der Waals surface area (Å²) in [6.45, 7) is 9.31. The second kappa shape index (κ2) is 11.9. The summed E-state index contributed by atoms with van der Waals surface area (Å²) in [7, 11) is 1.77. The minimum atomic E-state index is -0.295. The van der Waals surface area contributed by atoms with Gasteiger partial charge in [-0.3, -0.25) is 4.99 Å². The van der Waals surface area contributed by atoms with Crippen LogP contribution in [0.15, 0.2) is 23.2 Å². The Morgan fingerprint density at radius 3 is 2.76 bits per heavy atom. The quantitative estimate of drug-likeness (QED) is 0.293. The molecule has 1 aliphatic heterocycles. The van der Waals surface area contributed by atoms with E-state index in [0.29, 0.717) is 24.2 Å². The summed E-state index contributed by atoms with van der Waals surface area (Å²) in [5.74, 6) is 2.08. The van der Waals surface area contributed by atoms with Crippen LogP contribution in [-0.2, 0) is 0 Å². The Morgan fingerprint density at radius 1 is 1.31 bits per heavy atom. The molecule has 1 saturated carbocycles. The number of guanidine groups is 1. The van der Waals surface area contributed by atoms with E-state index in [1.165, 1.54) is 38.8 Å².